The van der Waals surface area contributed by atoms with Gasteiger partial charge in [0.1, 0.15) is 0 Å². The molecule has 0 aliphatic carbocycles. The SMILES string of the molecule is CC(C)CC(C)N(CC(C)C)CC1CCCN1. The van der Waals surface area contributed by atoms with Crippen molar-refractivity contribution in [2.24, 2.45) is 11.8 Å². The number of hydrogen-bond acceptors (Lipinski definition) is 2. The molecule has 0 amide bonds. The smallest absolute Gasteiger partial charge is 0.0195 e. The fourth-order valence-corrected chi connectivity index (χ4v) is 2.93. The van der Waals surface area contributed by atoms with E-state index in [2.05, 4.69) is 44.8 Å². The molecule has 0 aromatic carbocycles. The molecule has 1 saturated heterocycles. The lowest BCUT2D eigenvalue weighted by Crippen LogP contribution is -2.44. The van der Waals surface area contributed by atoms with Crippen LogP contribution in [-0.4, -0.2) is 36.6 Å². The molecule has 0 aromatic heterocycles. The van der Waals surface area contributed by atoms with Crippen LogP contribution in [-0.2, 0) is 0 Å². The van der Waals surface area contributed by atoms with Crippen molar-refractivity contribution >= 4 is 0 Å². The fraction of sp³-hybridized carbons (Fsp3) is 1.00. The molecule has 0 saturated carbocycles. The zero-order valence-corrected chi connectivity index (χ0v) is 12.5. The van der Waals surface area contributed by atoms with Crippen molar-refractivity contribution in [2.75, 3.05) is 19.6 Å². The quantitative estimate of drug-likeness (QED) is 0.735. The molecule has 0 spiro atoms. The Hall–Kier alpha value is -0.0800. The lowest BCUT2D eigenvalue weighted by Gasteiger charge is -2.33. The van der Waals surface area contributed by atoms with Gasteiger partial charge in [-0.1, -0.05) is 27.7 Å². The lowest BCUT2D eigenvalue weighted by atomic mass is 10.0. The van der Waals surface area contributed by atoms with E-state index in [9.17, 15) is 0 Å². The minimum absolute atomic E-state index is 0.722. The summed E-state index contributed by atoms with van der Waals surface area (Å²) in [6, 6.07) is 1.46. The van der Waals surface area contributed by atoms with E-state index in [1.807, 2.05) is 0 Å². The van der Waals surface area contributed by atoms with Crippen molar-refractivity contribution in [1.82, 2.24) is 10.2 Å². The second kappa shape index (κ2) is 7.38. The van der Waals surface area contributed by atoms with E-state index in [-0.39, 0.29) is 0 Å². The van der Waals surface area contributed by atoms with Crippen LogP contribution in [0.3, 0.4) is 0 Å². The molecule has 2 nitrogen and oxygen atoms in total. The Labute approximate surface area is 108 Å². The van der Waals surface area contributed by atoms with E-state index in [1.54, 1.807) is 0 Å². The van der Waals surface area contributed by atoms with Gasteiger partial charge < -0.3 is 5.32 Å². The molecule has 2 unspecified atom stereocenters. The maximum atomic E-state index is 3.63. The molecule has 17 heavy (non-hydrogen) atoms. The van der Waals surface area contributed by atoms with E-state index >= 15 is 0 Å². The number of nitrogens with one attached hydrogen (secondary N) is 1. The molecule has 1 aliphatic rings. The summed E-state index contributed by atoms with van der Waals surface area (Å²) in [4.78, 5) is 2.70. The number of rotatable bonds is 7. The van der Waals surface area contributed by atoms with Gasteiger partial charge in [-0.15, -0.1) is 0 Å². The van der Waals surface area contributed by atoms with Crippen LogP contribution >= 0.6 is 0 Å². The van der Waals surface area contributed by atoms with E-state index in [4.69, 9.17) is 0 Å². The molecular formula is C15H32N2. The zero-order chi connectivity index (χ0) is 12.8. The Balaban J connectivity index is 2.45. The predicted octanol–water partition coefficient (Wildman–Crippen LogP) is 3.13. The normalized spacial score (nSPS) is 22.9. The summed E-state index contributed by atoms with van der Waals surface area (Å²) in [5, 5.41) is 3.63. The first-order chi connectivity index (χ1) is 7.99. The maximum absolute atomic E-state index is 3.63. The highest BCUT2D eigenvalue weighted by Crippen LogP contribution is 2.16. The molecule has 1 rings (SSSR count). The molecule has 102 valence electrons. The third kappa shape index (κ3) is 5.87. The van der Waals surface area contributed by atoms with Crippen LogP contribution in [0.1, 0.15) is 53.9 Å². The zero-order valence-electron chi connectivity index (χ0n) is 12.5. The standard InChI is InChI=1S/C15H32N2/c1-12(2)9-14(5)17(10-13(3)4)11-15-7-6-8-16-15/h12-16H,6-11H2,1-5H3. The van der Waals surface area contributed by atoms with Crippen LogP contribution in [0.5, 0.6) is 0 Å². The molecule has 0 bridgehead atoms. The summed E-state index contributed by atoms with van der Waals surface area (Å²) < 4.78 is 0. The Morgan fingerprint density at radius 3 is 2.29 bits per heavy atom. The third-order valence-corrected chi connectivity index (χ3v) is 3.65. The first-order valence-corrected chi connectivity index (χ1v) is 7.46. The van der Waals surface area contributed by atoms with Crippen LogP contribution < -0.4 is 5.32 Å². The van der Waals surface area contributed by atoms with Crippen molar-refractivity contribution < 1.29 is 0 Å². The lowest BCUT2D eigenvalue weighted by molar-refractivity contribution is 0.153. The van der Waals surface area contributed by atoms with Gasteiger partial charge in [-0.05, 0) is 44.6 Å². The van der Waals surface area contributed by atoms with Gasteiger partial charge in [-0.2, -0.15) is 0 Å². The van der Waals surface area contributed by atoms with Crippen LogP contribution in [0.4, 0.5) is 0 Å². The Bertz CT molecular complexity index is 195. The van der Waals surface area contributed by atoms with Crippen LogP contribution in [0.15, 0.2) is 0 Å². The Morgan fingerprint density at radius 1 is 1.12 bits per heavy atom. The second-order valence-electron chi connectivity index (χ2n) is 6.62. The van der Waals surface area contributed by atoms with Crippen LogP contribution in [0.25, 0.3) is 0 Å². The monoisotopic (exact) mass is 240 g/mol. The molecule has 2 heteroatoms. The summed E-state index contributed by atoms with van der Waals surface area (Å²) >= 11 is 0. The maximum Gasteiger partial charge on any atom is 0.0195 e. The second-order valence-corrected chi connectivity index (χ2v) is 6.62. The molecular weight excluding hydrogens is 208 g/mol. The topological polar surface area (TPSA) is 15.3 Å². The first kappa shape index (κ1) is 15.0. The van der Waals surface area contributed by atoms with Crippen molar-refractivity contribution in [3.8, 4) is 0 Å². The number of hydrogen-bond donors (Lipinski definition) is 1. The third-order valence-electron chi connectivity index (χ3n) is 3.65. The summed E-state index contributed by atoms with van der Waals surface area (Å²) in [7, 11) is 0. The predicted molar refractivity (Wildman–Crippen MR) is 76.4 cm³/mol. The minimum atomic E-state index is 0.722. The Kier molecular flexibility index (Phi) is 6.50. The van der Waals surface area contributed by atoms with Gasteiger partial charge in [0.05, 0.1) is 0 Å². The molecule has 1 fully saturated rings. The molecule has 0 radical (unpaired) electrons. The average Bonchev–Trinajstić information content (AvgIpc) is 2.67. The highest BCUT2D eigenvalue weighted by Gasteiger charge is 2.22. The minimum Gasteiger partial charge on any atom is -0.313 e. The summed E-state index contributed by atoms with van der Waals surface area (Å²) in [5.41, 5.74) is 0. The molecule has 1 aliphatic heterocycles. The van der Waals surface area contributed by atoms with E-state index < -0.39 is 0 Å². The van der Waals surface area contributed by atoms with Gasteiger partial charge in [0.15, 0.2) is 0 Å². The summed E-state index contributed by atoms with van der Waals surface area (Å²) in [6.45, 7) is 15.4. The van der Waals surface area contributed by atoms with Crippen LogP contribution in [0, 0.1) is 11.8 Å². The highest BCUT2D eigenvalue weighted by molar-refractivity contribution is 4.81. The van der Waals surface area contributed by atoms with Crippen molar-refractivity contribution in [1.29, 1.82) is 0 Å². The molecule has 0 aromatic rings. The van der Waals surface area contributed by atoms with Gasteiger partial charge in [-0.25, -0.2) is 0 Å². The van der Waals surface area contributed by atoms with E-state index in [0.29, 0.717) is 0 Å². The summed E-state index contributed by atoms with van der Waals surface area (Å²) in [5.74, 6) is 1.57. The van der Waals surface area contributed by atoms with Gasteiger partial charge in [-0.3, -0.25) is 4.90 Å². The highest BCUT2D eigenvalue weighted by atomic mass is 15.2. The summed E-state index contributed by atoms with van der Waals surface area (Å²) in [6.07, 6.45) is 4.04. The fourth-order valence-electron chi connectivity index (χ4n) is 2.93. The van der Waals surface area contributed by atoms with Gasteiger partial charge >= 0.3 is 0 Å². The number of nitrogens with zero attached hydrogens (tertiary/aromatic N) is 1. The van der Waals surface area contributed by atoms with Crippen molar-refractivity contribution in [2.45, 2.75) is 66.0 Å². The largest absolute Gasteiger partial charge is 0.313 e. The Morgan fingerprint density at radius 2 is 1.82 bits per heavy atom. The molecule has 1 heterocycles. The van der Waals surface area contributed by atoms with E-state index in [0.717, 1.165) is 23.9 Å². The van der Waals surface area contributed by atoms with E-state index in [1.165, 1.54) is 38.9 Å². The van der Waals surface area contributed by atoms with Crippen molar-refractivity contribution in [3.63, 3.8) is 0 Å². The molecule has 1 N–H and O–H groups in total. The molecule has 2 atom stereocenters. The van der Waals surface area contributed by atoms with Gasteiger partial charge in [0, 0.05) is 25.2 Å². The first-order valence-electron chi connectivity index (χ1n) is 7.46. The van der Waals surface area contributed by atoms with Crippen LogP contribution in [0.2, 0.25) is 0 Å². The van der Waals surface area contributed by atoms with Crippen molar-refractivity contribution in [3.05, 3.63) is 0 Å². The van der Waals surface area contributed by atoms with Gasteiger partial charge in [0.2, 0.25) is 0 Å². The average molecular weight is 240 g/mol. The van der Waals surface area contributed by atoms with Gasteiger partial charge in [0.25, 0.3) is 0 Å².